The van der Waals surface area contributed by atoms with Gasteiger partial charge in [0.1, 0.15) is 23.9 Å². The summed E-state index contributed by atoms with van der Waals surface area (Å²) in [7, 11) is 1.81. The van der Waals surface area contributed by atoms with Crippen LogP contribution in [0.4, 0.5) is 4.39 Å². The van der Waals surface area contributed by atoms with E-state index in [-0.39, 0.29) is 17.5 Å². The van der Waals surface area contributed by atoms with Gasteiger partial charge in [0, 0.05) is 16.7 Å². The summed E-state index contributed by atoms with van der Waals surface area (Å²) in [6, 6.07) is 9.24. The molecule has 6 nitrogen and oxygen atoms in total. The molecular weight excluding hydrogens is 500 g/mol. The summed E-state index contributed by atoms with van der Waals surface area (Å²) in [6.45, 7) is 2.50. The van der Waals surface area contributed by atoms with Gasteiger partial charge in [-0.15, -0.1) is 0 Å². The van der Waals surface area contributed by atoms with Crippen molar-refractivity contribution < 1.29 is 18.7 Å². The maximum atomic E-state index is 12.9. The predicted molar refractivity (Wildman–Crippen MR) is 133 cm³/mol. The Morgan fingerprint density at radius 3 is 2.68 bits per heavy atom. The zero-order valence-corrected chi connectivity index (χ0v) is 21.3. The first-order chi connectivity index (χ1) is 16.4. The third kappa shape index (κ3) is 7.37. The smallest absolute Gasteiger partial charge is 0.327 e. The van der Waals surface area contributed by atoms with Gasteiger partial charge in [-0.3, -0.25) is 14.2 Å². The summed E-state index contributed by atoms with van der Waals surface area (Å²) < 4.78 is 28.1. The lowest BCUT2D eigenvalue weighted by Crippen LogP contribution is -2.17. The second kappa shape index (κ2) is 13.0. The van der Waals surface area contributed by atoms with Crippen LogP contribution >= 0.6 is 35.1 Å². The maximum absolute atomic E-state index is 12.9. The number of benzene rings is 2. The lowest BCUT2D eigenvalue weighted by molar-refractivity contribution is -0.144. The highest BCUT2D eigenvalue weighted by Crippen LogP contribution is 2.34. The average molecular weight is 526 g/mol. The monoisotopic (exact) mass is 525 g/mol. The number of nitrogens with one attached hydrogen (secondary N) is 1. The molecule has 0 atom stereocenters. The SMILES string of the molecule is CCOC(=O)Cn1ncc2c1CCCC2.CNSc1ccc(Oc2ccc(F)cc2Cl)cc1Cl. The Morgan fingerprint density at radius 2 is 1.97 bits per heavy atom. The third-order valence-electron chi connectivity index (χ3n) is 4.97. The lowest BCUT2D eigenvalue weighted by atomic mass is 9.98. The van der Waals surface area contributed by atoms with Gasteiger partial charge >= 0.3 is 5.97 Å². The minimum absolute atomic E-state index is 0.200. The van der Waals surface area contributed by atoms with Crippen LogP contribution in [0.5, 0.6) is 11.5 Å². The molecule has 34 heavy (non-hydrogen) atoms. The number of aryl methyl sites for hydroxylation is 1. The summed E-state index contributed by atoms with van der Waals surface area (Å²) in [5, 5.41) is 5.01. The standard InChI is InChI=1S/C13H10Cl2FNOS.C11H16N2O2/c1-17-19-13-5-3-9(7-11(13)15)18-12-4-2-8(16)6-10(12)14;1-2-15-11(14)8-13-10-6-4-3-5-9(10)7-12-13/h2-7,17H,1H3;7H,2-6,8H2,1H3. The molecule has 1 N–H and O–H groups in total. The topological polar surface area (TPSA) is 65.4 Å². The van der Waals surface area contributed by atoms with Gasteiger partial charge < -0.3 is 9.47 Å². The van der Waals surface area contributed by atoms with Gasteiger partial charge in [0.15, 0.2) is 0 Å². The number of hydrogen-bond acceptors (Lipinski definition) is 6. The normalized spacial score (nSPS) is 12.4. The average Bonchev–Trinajstić information content (AvgIpc) is 3.21. The van der Waals surface area contributed by atoms with Crippen molar-refractivity contribution in [3.63, 3.8) is 0 Å². The largest absolute Gasteiger partial charge is 0.465 e. The molecule has 2 aromatic carbocycles. The van der Waals surface area contributed by atoms with Gasteiger partial charge in [-0.25, -0.2) is 4.39 Å². The Bertz CT molecular complexity index is 1130. The van der Waals surface area contributed by atoms with Crippen molar-refractivity contribution in [1.82, 2.24) is 14.5 Å². The molecule has 0 fully saturated rings. The first kappa shape index (κ1) is 26.3. The van der Waals surface area contributed by atoms with E-state index < -0.39 is 5.82 Å². The quantitative estimate of drug-likeness (QED) is 0.281. The van der Waals surface area contributed by atoms with Gasteiger partial charge in [0.25, 0.3) is 0 Å². The Labute approximate surface area is 212 Å². The maximum Gasteiger partial charge on any atom is 0.327 e. The highest BCUT2D eigenvalue weighted by atomic mass is 35.5. The minimum Gasteiger partial charge on any atom is -0.465 e. The zero-order chi connectivity index (χ0) is 24.5. The highest BCUT2D eigenvalue weighted by molar-refractivity contribution is 7.97. The van der Waals surface area contributed by atoms with Crippen LogP contribution in [0.15, 0.2) is 47.5 Å². The second-order valence-electron chi connectivity index (χ2n) is 7.36. The third-order valence-corrected chi connectivity index (χ3v) is 6.47. The minimum atomic E-state index is -0.406. The fraction of sp³-hybridized carbons (Fsp3) is 0.333. The fourth-order valence-corrected chi connectivity index (χ4v) is 4.45. The Kier molecular flexibility index (Phi) is 10.1. The molecule has 0 bridgehead atoms. The van der Waals surface area contributed by atoms with Crippen LogP contribution in [0, 0.1) is 5.82 Å². The molecule has 1 aliphatic rings. The van der Waals surface area contributed by atoms with Crippen LogP contribution in [0.3, 0.4) is 0 Å². The van der Waals surface area contributed by atoms with Gasteiger partial charge in [-0.05, 0) is 87.5 Å². The molecule has 0 saturated carbocycles. The van der Waals surface area contributed by atoms with Crippen LogP contribution in [-0.2, 0) is 28.9 Å². The number of fused-ring (bicyclic) bond motifs is 1. The number of nitrogens with zero attached hydrogens (tertiary/aromatic N) is 2. The number of rotatable bonds is 7. The van der Waals surface area contributed by atoms with E-state index in [0.29, 0.717) is 23.1 Å². The first-order valence-electron chi connectivity index (χ1n) is 10.9. The zero-order valence-electron chi connectivity index (χ0n) is 18.9. The van der Waals surface area contributed by atoms with Crippen molar-refractivity contribution in [3.05, 3.63) is 69.7 Å². The van der Waals surface area contributed by atoms with E-state index >= 15 is 0 Å². The summed E-state index contributed by atoms with van der Waals surface area (Å²) >= 11 is 13.4. The molecule has 1 aromatic heterocycles. The fourth-order valence-electron chi connectivity index (χ4n) is 3.44. The molecule has 0 spiro atoms. The number of ether oxygens (including phenoxy) is 2. The Balaban J connectivity index is 0.000000196. The summed E-state index contributed by atoms with van der Waals surface area (Å²) in [6.07, 6.45) is 6.44. The number of aromatic nitrogens is 2. The molecule has 1 heterocycles. The summed E-state index contributed by atoms with van der Waals surface area (Å²) in [4.78, 5) is 12.2. The van der Waals surface area contributed by atoms with Crippen molar-refractivity contribution in [2.75, 3.05) is 13.7 Å². The number of hydrogen-bond donors (Lipinski definition) is 1. The van der Waals surface area contributed by atoms with E-state index in [1.54, 1.807) is 16.8 Å². The van der Waals surface area contributed by atoms with Crippen molar-refractivity contribution in [2.45, 2.75) is 44.0 Å². The van der Waals surface area contributed by atoms with E-state index in [4.69, 9.17) is 32.7 Å². The molecule has 0 saturated heterocycles. The summed E-state index contributed by atoms with van der Waals surface area (Å²) in [5.41, 5.74) is 2.51. The molecule has 10 heteroatoms. The van der Waals surface area contributed by atoms with Crippen LogP contribution < -0.4 is 9.46 Å². The molecule has 182 valence electrons. The molecule has 4 rings (SSSR count). The van der Waals surface area contributed by atoms with E-state index in [0.717, 1.165) is 17.7 Å². The molecule has 0 amide bonds. The van der Waals surface area contributed by atoms with E-state index in [2.05, 4.69) is 9.82 Å². The van der Waals surface area contributed by atoms with Crippen molar-refractivity contribution in [3.8, 4) is 11.5 Å². The van der Waals surface area contributed by atoms with Crippen LogP contribution in [0.2, 0.25) is 10.0 Å². The highest BCUT2D eigenvalue weighted by Gasteiger charge is 2.16. The van der Waals surface area contributed by atoms with Gasteiger partial charge in [0.2, 0.25) is 0 Å². The van der Waals surface area contributed by atoms with Crippen LogP contribution in [0.1, 0.15) is 31.0 Å². The molecule has 3 aromatic rings. The molecule has 0 radical (unpaired) electrons. The van der Waals surface area contributed by atoms with Gasteiger partial charge in [-0.2, -0.15) is 5.10 Å². The number of carbonyl (C=O) groups is 1. The Hall–Kier alpha value is -2.26. The predicted octanol–water partition coefficient (Wildman–Crippen LogP) is 6.48. The van der Waals surface area contributed by atoms with Crippen molar-refractivity contribution in [2.24, 2.45) is 0 Å². The van der Waals surface area contributed by atoms with Crippen LogP contribution in [0.25, 0.3) is 0 Å². The number of esters is 1. The summed E-state index contributed by atoms with van der Waals surface area (Å²) in [5.74, 6) is 0.317. The Morgan fingerprint density at radius 1 is 1.18 bits per heavy atom. The molecule has 0 aliphatic heterocycles. The van der Waals surface area contributed by atoms with Gasteiger partial charge in [-0.1, -0.05) is 23.2 Å². The van der Waals surface area contributed by atoms with Gasteiger partial charge in [0.05, 0.1) is 22.8 Å². The van der Waals surface area contributed by atoms with Crippen LogP contribution in [-0.4, -0.2) is 29.4 Å². The molecule has 1 aliphatic carbocycles. The lowest BCUT2D eigenvalue weighted by Gasteiger charge is -2.13. The van der Waals surface area contributed by atoms with Crippen molar-refractivity contribution >= 4 is 41.1 Å². The van der Waals surface area contributed by atoms with E-state index in [1.807, 2.05) is 26.2 Å². The first-order valence-corrected chi connectivity index (χ1v) is 12.4. The van der Waals surface area contributed by atoms with E-state index in [1.165, 1.54) is 54.2 Å². The van der Waals surface area contributed by atoms with Crippen molar-refractivity contribution in [1.29, 1.82) is 0 Å². The second-order valence-corrected chi connectivity index (χ2v) is 9.23. The molecule has 0 unspecified atom stereocenters. The van der Waals surface area contributed by atoms with E-state index in [9.17, 15) is 9.18 Å². The molecular formula is C24H26Cl2FN3O3S. The number of carbonyl (C=O) groups excluding carboxylic acids is 1. The number of halogens is 3.